The minimum absolute atomic E-state index is 0.0162. The number of amides is 1. The molecule has 0 saturated heterocycles. The van der Waals surface area contributed by atoms with Gasteiger partial charge >= 0.3 is 0 Å². The normalized spacial score (nSPS) is 10.6. The second-order valence-corrected chi connectivity index (χ2v) is 6.27. The molecule has 0 saturated carbocycles. The Labute approximate surface area is 155 Å². The van der Waals surface area contributed by atoms with E-state index in [1.54, 1.807) is 7.11 Å². The fraction of sp³-hybridized carbons (Fsp3) is 0.381. The van der Waals surface area contributed by atoms with Gasteiger partial charge in [-0.25, -0.2) is 0 Å². The molecule has 0 heterocycles. The van der Waals surface area contributed by atoms with E-state index in [1.165, 1.54) is 0 Å². The summed E-state index contributed by atoms with van der Waals surface area (Å²) in [4.78, 5) is 14.3. The van der Waals surface area contributed by atoms with Gasteiger partial charge in [-0.1, -0.05) is 30.3 Å². The van der Waals surface area contributed by atoms with Crippen LogP contribution in [0.1, 0.15) is 18.4 Å². The van der Waals surface area contributed by atoms with Gasteiger partial charge in [0.25, 0.3) is 0 Å². The molecule has 2 aromatic rings. The Bertz CT molecular complexity index is 703. The lowest BCUT2D eigenvalue weighted by atomic mass is 10.2. The smallest absolute Gasteiger partial charge is 0.225 e. The van der Waals surface area contributed by atoms with Crippen molar-refractivity contribution in [2.24, 2.45) is 0 Å². The second-order valence-electron chi connectivity index (χ2n) is 6.27. The van der Waals surface area contributed by atoms with Gasteiger partial charge in [-0.15, -0.1) is 0 Å². The van der Waals surface area contributed by atoms with E-state index in [4.69, 9.17) is 9.47 Å². The molecule has 0 aliphatic heterocycles. The molecular weight excluding hydrogens is 328 g/mol. The van der Waals surface area contributed by atoms with Crippen LogP contribution < -0.4 is 14.8 Å². The van der Waals surface area contributed by atoms with E-state index >= 15 is 0 Å². The van der Waals surface area contributed by atoms with Gasteiger partial charge in [-0.2, -0.15) is 0 Å². The van der Waals surface area contributed by atoms with Gasteiger partial charge in [-0.05, 0) is 44.2 Å². The first kappa shape index (κ1) is 19.8. The maximum atomic E-state index is 12.1. The van der Waals surface area contributed by atoms with Crippen molar-refractivity contribution in [2.75, 3.05) is 39.2 Å². The molecule has 0 atom stereocenters. The number of hydrogen-bond acceptors (Lipinski definition) is 4. The summed E-state index contributed by atoms with van der Waals surface area (Å²) < 4.78 is 11.0. The van der Waals surface area contributed by atoms with Gasteiger partial charge in [-0.3, -0.25) is 4.79 Å². The zero-order valence-corrected chi connectivity index (χ0v) is 15.8. The fourth-order valence-corrected chi connectivity index (χ4v) is 2.60. The monoisotopic (exact) mass is 356 g/mol. The van der Waals surface area contributed by atoms with Crippen LogP contribution in [0, 0.1) is 6.92 Å². The van der Waals surface area contributed by atoms with Gasteiger partial charge < -0.3 is 19.7 Å². The molecule has 2 aromatic carbocycles. The fourth-order valence-electron chi connectivity index (χ4n) is 2.60. The summed E-state index contributed by atoms with van der Waals surface area (Å²) in [6, 6.07) is 15.4. The predicted octanol–water partition coefficient (Wildman–Crippen LogP) is 3.73. The van der Waals surface area contributed by atoms with Crippen molar-refractivity contribution in [1.82, 2.24) is 4.90 Å². The number of nitrogens with one attached hydrogen (secondary N) is 1. The molecule has 0 aromatic heterocycles. The van der Waals surface area contributed by atoms with Gasteiger partial charge in [0.2, 0.25) is 5.91 Å². The number of carbonyl (C=O) groups excluding carboxylic acids is 1. The standard InChI is InChI=1S/C21H28N2O3/c1-17-9-4-6-11-19(17)26-16-8-14-23(2)15-13-21(24)22-18-10-5-7-12-20(18)25-3/h4-7,9-12H,8,13-16H2,1-3H3,(H,22,24). The minimum atomic E-state index is -0.0162. The molecule has 1 amide bonds. The summed E-state index contributed by atoms with van der Waals surface area (Å²) in [6.07, 6.45) is 1.35. The third-order valence-corrected chi connectivity index (χ3v) is 4.14. The number of methoxy groups -OCH3 is 1. The van der Waals surface area contributed by atoms with Crippen molar-refractivity contribution in [3.05, 3.63) is 54.1 Å². The lowest BCUT2D eigenvalue weighted by molar-refractivity contribution is -0.116. The number of rotatable bonds is 10. The lowest BCUT2D eigenvalue weighted by Crippen LogP contribution is -2.26. The molecule has 2 rings (SSSR count). The molecule has 0 aliphatic carbocycles. The van der Waals surface area contributed by atoms with Crippen LogP contribution in [0.4, 0.5) is 5.69 Å². The number of ether oxygens (including phenoxy) is 2. The number of carbonyl (C=O) groups is 1. The third kappa shape index (κ3) is 6.41. The summed E-state index contributed by atoms with van der Waals surface area (Å²) in [5.74, 6) is 1.59. The highest BCUT2D eigenvalue weighted by Gasteiger charge is 2.08. The highest BCUT2D eigenvalue weighted by Crippen LogP contribution is 2.23. The van der Waals surface area contributed by atoms with Crippen molar-refractivity contribution < 1.29 is 14.3 Å². The van der Waals surface area contributed by atoms with Crippen LogP contribution in [0.15, 0.2) is 48.5 Å². The van der Waals surface area contributed by atoms with E-state index in [9.17, 15) is 4.79 Å². The Hall–Kier alpha value is -2.53. The first-order chi connectivity index (χ1) is 12.6. The molecule has 1 N–H and O–H groups in total. The van der Waals surface area contributed by atoms with E-state index in [0.717, 1.165) is 24.3 Å². The second kappa shape index (κ2) is 10.5. The number of nitrogens with zero attached hydrogens (tertiary/aromatic N) is 1. The zero-order chi connectivity index (χ0) is 18.8. The Morgan fingerprint density at radius 3 is 2.46 bits per heavy atom. The van der Waals surface area contributed by atoms with Crippen LogP contribution in [0.2, 0.25) is 0 Å². The van der Waals surface area contributed by atoms with Crippen molar-refractivity contribution >= 4 is 11.6 Å². The van der Waals surface area contributed by atoms with Crippen LogP contribution in [-0.2, 0) is 4.79 Å². The SMILES string of the molecule is COc1ccccc1NC(=O)CCN(C)CCCOc1ccccc1C. The first-order valence-electron chi connectivity index (χ1n) is 8.90. The van der Waals surface area contributed by atoms with Gasteiger partial charge in [0.1, 0.15) is 11.5 Å². The number of hydrogen-bond donors (Lipinski definition) is 1. The highest BCUT2D eigenvalue weighted by atomic mass is 16.5. The number of anilines is 1. The molecule has 0 spiro atoms. The Kier molecular flexibility index (Phi) is 7.96. The average molecular weight is 356 g/mol. The molecule has 26 heavy (non-hydrogen) atoms. The molecule has 0 aliphatic rings. The molecule has 0 unspecified atom stereocenters. The Morgan fingerprint density at radius 2 is 1.73 bits per heavy atom. The molecular formula is C21H28N2O3. The maximum absolute atomic E-state index is 12.1. The quantitative estimate of drug-likeness (QED) is 0.659. The Balaban J connectivity index is 1.64. The number of para-hydroxylation sites is 3. The van der Waals surface area contributed by atoms with Crippen molar-refractivity contribution in [3.8, 4) is 11.5 Å². The van der Waals surface area contributed by atoms with Crippen molar-refractivity contribution in [1.29, 1.82) is 0 Å². The summed E-state index contributed by atoms with van der Waals surface area (Å²) in [5.41, 5.74) is 1.85. The van der Waals surface area contributed by atoms with Gasteiger partial charge in [0, 0.05) is 19.5 Å². The van der Waals surface area contributed by atoms with Crippen molar-refractivity contribution in [3.63, 3.8) is 0 Å². The topological polar surface area (TPSA) is 50.8 Å². The number of aryl methyl sites for hydroxylation is 1. The van der Waals surface area contributed by atoms with E-state index in [0.29, 0.717) is 31.0 Å². The van der Waals surface area contributed by atoms with E-state index in [1.807, 2.05) is 62.5 Å². The van der Waals surface area contributed by atoms with E-state index in [2.05, 4.69) is 10.2 Å². The summed E-state index contributed by atoms with van der Waals surface area (Å²) in [7, 11) is 3.61. The van der Waals surface area contributed by atoms with Gasteiger partial charge in [0.15, 0.2) is 0 Å². The molecule has 140 valence electrons. The largest absolute Gasteiger partial charge is 0.495 e. The molecule has 5 heteroatoms. The van der Waals surface area contributed by atoms with Crippen LogP contribution in [0.3, 0.4) is 0 Å². The first-order valence-corrected chi connectivity index (χ1v) is 8.90. The maximum Gasteiger partial charge on any atom is 0.225 e. The minimum Gasteiger partial charge on any atom is -0.495 e. The Morgan fingerprint density at radius 1 is 1.04 bits per heavy atom. The third-order valence-electron chi connectivity index (χ3n) is 4.14. The molecule has 0 bridgehead atoms. The summed E-state index contributed by atoms with van der Waals surface area (Å²) in [6.45, 7) is 4.30. The van der Waals surface area contributed by atoms with Crippen LogP contribution in [0.5, 0.6) is 11.5 Å². The van der Waals surface area contributed by atoms with Crippen molar-refractivity contribution in [2.45, 2.75) is 19.8 Å². The lowest BCUT2D eigenvalue weighted by Gasteiger charge is -2.17. The number of benzene rings is 2. The zero-order valence-electron chi connectivity index (χ0n) is 15.8. The molecule has 0 radical (unpaired) electrons. The summed E-state index contributed by atoms with van der Waals surface area (Å²) >= 11 is 0. The summed E-state index contributed by atoms with van der Waals surface area (Å²) in [5, 5.41) is 2.90. The average Bonchev–Trinajstić information content (AvgIpc) is 2.65. The molecule has 0 fully saturated rings. The van der Waals surface area contributed by atoms with Crippen LogP contribution in [0.25, 0.3) is 0 Å². The van der Waals surface area contributed by atoms with Crippen LogP contribution in [-0.4, -0.2) is 44.7 Å². The highest BCUT2D eigenvalue weighted by molar-refractivity contribution is 5.92. The van der Waals surface area contributed by atoms with E-state index < -0.39 is 0 Å². The van der Waals surface area contributed by atoms with Gasteiger partial charge in [0.05, 0.1) is 19.4 Å². The predicted molar refractivity (Wildman–Crippen MR) is 105 cm³/mol. The van der Waals surface area contributed by atoms with E-state index in [-0.39, 0.29) is 5.91 Å². The van der Waals surface area contributed by atoms with Crippen LogP contribution >= 0.6 is 0 Å². The molecule has 5 nitrogen and oxygen atoms in total.